The lowest BCUT2D eigenvalue weighted by Gasteiger charge is -2.36. The fourth-order valence-corrected chi connectivity index (χ4v) is 4.61. The first kappa shape index (κ1) is 19.7. The first-order chi connectivity index (χ1) is 14.0. The van der Waals surface area contributed by atoms with E-state index in [1.54, 1.807) is 29.0 Å². The van der Waals surface area contributed by atoms with Gasteiger partial charge in [0, 0.05) is 39.0 Å². The second kappa shape index (κ2) is 7.69. The van der Waals surface area contributed by atoms with Crippen LogP contribution in [0, 0.1) is 5.92 Å². The molecule has 2 heterocycles. The van der Waals surface area contributed by atoms with Gasteiger partial charge in [0.1, 0.15) is 5.75 Å². The molecule has 0 N–H and O–H groups in total. The van der Waals surface area contributed by atoms with E-state index in [0.29, 0.717) is 39.0 Å². The molecule has 0 unspecified atom stereocenters. The third kappa shape index (κ3) is 3.58. The lowest BCUT2D eigenvalue weighted by Crippen LogP contribution is -2.52. The molecule has 3 fully saturated rings. The number of ether oxygens (including phenoxy) is 1. The van der Waals surface area contributed by atoms with Crippen molar-refractivity contribution in [2.75, 3.05) is 33.3 Å². The molecule has 156 valence electrons. The highest BCUT2D eigenvalue weighted by atomic mass is 16.5. The van der Waals surface area contributed by atoms with Crippen molar-refractivity contribution in [2.24, 2.45) is 5.92 Å². The molecule has 3 aliphatic rings. The molecule has 2 aliphatic heterocycles. The number of carbonyl (C=O) groups excluding carboxylic acids is 3. The van der Waals surface area contributed by atoms with Crippen LogP contribution in [-0.2, 0) is 19.8 Å². The molecular formula is C22H29N3O4. The number of carbonyl (C=O) groups is 3. The average Bonchev–Trinajstić information content (AvgIpc) is 3.42. The molecule has 0 bridgehead atoms. The molecule has 0 radical (unpaired) electrons. The van der Waals surface area contributed by atoms with Crippen molar-refractivity contribution in [2.45, 2.75) is 44.4 Å². The minimum absolute atomic E-state index is 0.0320. The van der Waals surface area contributed by atoms with Crippen LogP contribution in [0.2, 0.25) is 0 Å². The highest BCUT2D eigenvalue weighted by Gasteiger charge is 2.55. The molecule has 0 spiro atoms. The summed E-state index contributed by atoms with van der Waals surface area (Å²) in [4.78, 5) is 40.0. The van der Waals surface area contributed by atoms with Crippen LogP contribution in [-0.4, -0.2) is 65.9 Å². The number of nitrogens with zero attached hydrogens (tertiary/aromatic N) is 3. The summed E-state index contributed by atoms with van der Waals surface area (Å²) in [6.45, 7) is 3.98. The second-order valence-corrected chi connectivity index (χ2v) is 8.33. The van der Waals surface area contributed by atoms with Crippen LogP contribution in [0.4, 0.5) is 0 Å². The second-order valence-electron chi connectivity index (χ2n) is 8.33. The largest absolute Gasteiger partial charge is 0.497 e. The van der Waals surface area contributed by atoms with E-state index in [0.717, 1.165) is 30.6 Å². The predicted molar refractivity (Wildman–Crippen MR) is 107 cm³/mol. The van der Waals surface area contributed by atoms with E-state index in [1.165, 1.54) is 0 Å². The van der Waals surface area contributed by atoms with E-state index >= 15 is 0 Å². The lowest BCUT2D eigenvalue weighted by atomic mass is 9.94. The summed E-state index contributed by atoms with van der Waals surface area (Å²) in [6, 6.07) is 7.70. The maximum atomic E-state index is 13.5. The van der Waals surface area contributed by atoms with Crippen LogP contribution < -0.4 is 4.74 Å². The van der Waals surface area contributed by atoms with Gasteiger partial charge >= 0.3 is 0 Å². The Morgan fingerprint density at radius 1 is 0.966 bits per heavy atom. The van der Waals surface area contributed by atoms with Crippen molar-refractivity contribution in [3.05, 3.63) is 29.8 Å². The van der Waals surface area contributed by atoms with Gasteiger partial charge in [-0.2, -0.15) is 0 Å². The Morgan fingerprint density at radius 2 is 1.59 bits per heavy atom. The predicted octanol–water partition coefficient (Wildman–Crippen LogP) is 1.96. The van der Waals surface area contributed by atoms with Gasteiger partial charge in [-0.1, -0.05) is 12.1 Å². The molecule has 1 aliphatic carbocycles. The number of likely N-dealkylation sites (tertiary alicyclic amines) is 1. The summed E-state index contributed by atoms with van der Waals surface area (Å²) in [5.41, 5.74) is 0.491. The van der Waals surface area contributed by atoms with E-state index < -0.39 is 5.41 Å². The summed E-state index contributed by atoms with van der Waals surface area (Å²) in [5, 5.41) is 3.37. The number of benzene rings is 1. The van der Waals surface area contributed by atoms with Gasteiger partial charge in [0.25, 0.3) is 5.91 Å². The molecule has 7 heteroatoms. The minimum Gasteiger partial charge on any atom is -0.497 e. The van der Waals surface area contributed by atoms with Crippen molar-refractivity contribution < 1.29 is 19.1 Å². The third-order valence-electron chi connectivity index (χ3n) is 6.61. The number of piperidine rings is 1. The highest BCUT2D eigenvalue weighted by molar-refractivity contribution is 5.93. The van der Waals surface area contributed by atoms with Crippen molar-refractivity contribution in [3.63, 3.8) is 0 Å². The Hall–Kier alpha value is -2.57. The third-order valence-corrected chi connectivity index (χ3v) is 6.61. The van der Waals surface area contributed by atoms with Crippen LogP contribution >= 0.6 is 0 Å². The molecule has 2 saturated heterocycles. The summed E-state index contributed by atoms with van der Waals surface area (Å²) in [7, 11) is 1.63. The van der Waals surface area contributed by atoms with Gasteiger partial charge in [0.05, 0.1) is 12.5 Å². The number of rotatable bonds is 4. The normalized spacial score (nSPS) is 21.2. The fraction of sp³-hybridized carbons (Fsp3) is 0.591. The quantitative estimate of drug-likeness (QED) is 0.776. The number of amides is 3. The van der Waals surface area contributed by atoms with E-state index in [-0.39, 0.29) is 23.6 Å². The van der Waals surface area contributed by atoms with E-state index in [2.05, 4.69) is 0 Å². The Balaban J connectivity index is 1.46. The standard InChI is InChI=1S/C22H29N3O4/c1-16(26)23-14-8-17(9-15-23)20(27)24-12-3-13-25(24)21(28)22(10-11-22)18-4-6-19(29-2)7-5-18/h4-7,17H,3,8-15H2,1-2H3. The zero-order chi connectivity index (χ0) is 20.6. The van der Waals surface area contributed by atoms with E-state index in [4.69, 9.17) is 4.74 Å². The maximum absolute atomic E-state index is 13.5. The average molecular weight is 399 g/mol. The molecule has 4 rings (SSSR count). The van der Waals surface area contributed by atoms with Gasteiger partial charge in [-0.15, -0.1) is 0 Å². The number of hydrazine groups is 1. The summed E-state index contributed by atoms with van der Waals surface area (Å²) in [6.07, 6.45) is 3.77. The Morgan fingerprint density at radius 3 is 2.14 bits per heavy atom. The van der Waals surface area contributed by atoms with Gasteiger partial charge in [0.15, 0.2) is 0 Å². The van der Waals surface area contributed by atoms with E-state index in [9.17, 15) is 14.4 Å². The van der Waals surface area contributed by atoms with Crippen molar-refractivity contribution in [1.82, 2.24) is 14.9 Å². The van der Waals surface area contributed by atoms with E-state index in [1.807, 2.05) is 24.3 Å². The monoisotopic (exact) mass is 399 g/mol. The number of hydrogen-bond acceptors (Lipinski definition) is 4. The molecule has 3 amide bonds. The molecule has 1 saturated carbocycles. The lowest BCUT2D eigenvalue weighted by molar-refractivity contribution is -0.163. The van der Waals surface area contributed by atoms with Crippen LogP contribution in [0.1, 0.15) is 44.6 Å². The maximum Gasteiger partial charge on any atom is 0.251 e. The van der Waals surface area contributed by atoms with Crippen LogP contribution in [0.25, 0.3) is 0 Å². The number of methoxy groups -OCH3 is 1. The summed E-state index contributed by atoms with van der Waals surface area (Å²) < 4.78 is 5.23. The molecule has 0 aromatic heterocycles. The minimum atomic E-state index is -0.507. The number of hydrogen-bond donors (Lipinski definition) is 0. The Bertz CT molecular complexity index is 795. The van der Waals surface area contributed by atoms with Crippen molar-refractivity contribution >= 4 is 17.7 Å². The molecule has 7 nitrogen and oxygen atoms in total. The fourth-order valence-electron chi connectivity index (χ4n) is 4.61. The Labute approximate surface area is 171 Å². The summed E-state index contributed by atoms with van der Waals surface area (Å²) >= 11 is 0. The zero-order valence-electron chi connectivity index (χ0n) is 17.2. The van der Waals surface area contributed by atoms with Crippen LogP contribution in [0.15, 0.2) is 24.3 Å². The van der Waals surface area contributed by atoms with Crippen molar-refractivity contribution in [1.29, 1.82) is 0 Å². The molecule has 1 aromatic rings. The van der Waals surface area contributed by atoms with Gasteiger partial charge in [-0.25, -0.2) is 0 Å². The molecule has 29 heavy (non-hydrogen) atoms. The van der Waals surface area contributed by atoms with Gasteiger partial charge in [-0.3, -0.25) is 24.4 Å². The smallest absolute Gasteiger partial charge is 0.251 e. The Kier molecular flexibility index (Phi) is 5.23. The van der Waals surface area contributed by atoms with Gasteiger partial charge in [-0.05, 0) is 49.8 Å². The first-order valence-electron chi connectivity index (χ1n) is 10.5. The van der Waals surface area contributed by atoms with Crippen molar-refractivity contribution in [3.8, 4) is 5.75 Å². The molecule has 1 aromatic carbocycles. The van der Waals surface area contributed by atoms with Crippen LogP contribution in [0.3, 0.4) is 0 Å². The zero-order valence-corrected chi connectivity index (χ0v) is 17.2. The van der Waals surface area contributed by atoms with Gasteiger partial charge in [0.2, 0.25) is 11.8 Å². The molecule has 0 atom stereocenters. The SMILES string of the molecule is COc1ccc(C2(C(=O)N3CCCN3C(=O)C3CCN(C(C)=O)CC3)CC2)cc1. The van der Waals surface area contributed by atoms with Crippen LogP contribution in [0.5, 0.6) is 5.75 Å². The van der Waals surface area contributed by atoms with Gasteiger partial charge < -0.3 is 9.64 Å². The highest BCUT2D eigenvalue weighted by Crippen LogP contribution is 2.50. The summed E-state index contributed by atoms with van der Waals surface area (Å²) in [5.74, 6) is 0.783. The topological polar surface area (TPSA) is 70.2 Å². The first-order valence-corrected chi connectivity index (χ1v) is 10.5. The molecular weight excluding hydrogens is 370 g/mol.